The van der Waals surface area contributed by atoms with E-state index in [1.165, 1.54) is 12.1 Å². The largest absolute Gasteiger partial charge is 0.322 e. The van der Waals surface area contributed by atoms with E-state index in [0.717, 1.165) is 22.7 Å². The van der Waals surface area contributed by atoms with E-state index in [-0.39, 0.29) is 5.91 Å². The summed E-state index contributed by atoms with van der Waals surface area (Å²) in [6.07, 6.45) is 2.79. The van der Waals surface area contributed by atoms with Crippen molar-refractivity contribution in [2.24, 2.45) is 0 Å². The van der Waals surface area contributed by atoms with Crippen molar-refractivity contribution >= 4 is 49.7 Å². The lowest BCUT2D eigenvalue weighted by Gasteiger charge is -2.11. The van der Waals surface area contributed by atoms with Gasteiger partial charge in [0.05, 0.1) is 17.0 Å². The topological polar surface area (TPSA) is 88.2 Å². The van der Waals surface area contributed by atoms with Gasteiger partial charge in [-0.3, -0.25) is 14.5 Å². The maximum atomic E-state index is 12.7. The Kier molecular flexibility index (Phi) is 5.63. The molecule has 8 heteroatoms. The van der Waals surface area contributed by atoms with E-state index in [1.807, 2.05) is 30.3 Å². The molecule has 0 aliphatic rings. The lowest BCUT2D eigenvalue weighted by atomic mass is 10.0. The number of nitrogens with one attached hydrogen (secondary N) is 2. The minimum atomic E-state index is -3.38. The highest BCUT2D eigenvalue weighted by Crippen LogP contribution is 2.33. The number of fused-ring (bicyclic) bond motifs is 1. The average Bonchev–Trinajstić information content (AvgIpc) is 2.74. The zero-order chi connectivity index (χ0) is 22.0. The van der Waals surface area contributed by atoms with E-state index >= 15 is 0 Å². The van der Waals surface area contributed by atoms with Crippen molar-refractivity contribution in [2.45, 2.75) is 0 Å². The van der Waals surface area contributed by atoms with Gasteiger partial charge in [-0.1, -0.05) is 35.9 Å². The van der Waals surface area contributed by atoms with Gasteiger partial charge in [0.2, 0.25) is 10.0 Å². The number of nitrogens with zero attached hydrogens (tertiary/aromatic N) is 1. The van der Waals surface area contributed by atoms with E-state index < -0.39 is 10.0 Å². The number of rotatable bonds is 5. The summed E-state index contributed by atoms with van der Waals surface area (Å²) >= 11 is 6.45. The molecule has 156 valence electrons. The number of anilines is 2. The van der Waals surface area contributed by atoms with Crippen LogP contribution in [0.2, 0.25) is 5.02 Å². The van der Waals surface area contributed by atoms with E-state index in [0.29, 0.717) is 27.5 Å². The fourth-order valence-corrected chi connectivity index (χ4v) is 4.00. The van der Waals surface area contributed by atoms with Gasteiger partial charge < -0.3 is 5.32 Å². The minimum Gasteiger partial charge on any atom is -0.322 e. The van der Waals surface area contributed by atoms with Crippen LogP contribution < -0.4 is 10.0 Å². The van der Waals surface area contributed by atoms with Crippen LogP contribution in [0.3, 0.4) is 0 Å². The average molecular weight is 452 g/mol. The maximum absolute atomic E-state index is 12.7. The van der Waals surface area contributed by atoms with Crippen LogP contribution in [-0.2, 0) is 10.0 Å². The molecular formula is C23H18ClN3O3S. The van der Waals surface area contributed by atoms with Gasteiger partial charge in [-0.05, 0) is 53.9 Å². The van der Waals surface area contributed by atoms with Gasteiger partial charge in [0.1, 0.15) is 0 Å². The molecule has 31 heavy (non-hydrogen) atoms. The fraction of sp³-hybridized carbons (Fsp3) is 0.0435. The summed E-state index contributed by atoms with van der Waals surface area (Å²) in [4.78, 5) is 17.2. The molecule has 0 radical (unpaired) electrons. The van der Waals surface area contributed by atoms with Crippen molar-refractivity contribution in [3.63, 3.8) is 0 Å². The molecule has 6 nitrogen and oxygen atoms in total. The van der Waals surface area contributed by atoms with Crippen molar-refractivity contribution < 1.29 is 13.2 Å². The summed E-state index contributed by atoms with van der Waals surface area (Å²) in [7, 11) is -3.38. The molecule has 0 bridgehead atoms. The first-order valence-electron chi connectivity index (χ1n) is 9.33. The molecular weight excluding hydrogens is 434 g/mol. The summed E-state index contributed by atoms with van der Waals surface area (Å²) < 4.78 is 25.0. The summed E-state index contributed by atoms with van der Waals surface area (Å²) in [5.41, 5.74) is 2.78. The lowest BCUT2D eigenvalue weighted by molar-refractivity contribution is 0.102. The second-order valence-corrected chi connectivity index (χ2v) is 9.14. The van der Waals surface area contributed by atoms with Gasteiger partial charge in [0.25, 0.3) is 5.91 Å². The zero-order valence-electron chi connectivity index (χ0n) is 16.5. The Hall–Kier alpha value is -3.42. The highest BCUT2D eigenvalue weighted by molar-refractivity contribution is 7.92. The number of amides is 1. The smallest absolute Gasteiger partial charge is 0.255 e. The summed E-state index contributed by atoms with van der Waals surface area (Å²) in [5.74, 6) is -0.329. The number of halogens is 1. The number of hydrogen-bond acceptors (Lipinski definition) is 4. The van der Waals surface area contributed by atoms with Crippen LogP contribution >= 0.6 is 11.6 Å². The molecule has 0 unspecified atom stereocenters. The van der Waals surface area contributed by atoms with E-state index in [2.05, 4.69) is 15.0 Å². The Morgan fingerprint density at radius 1 is 0.935 bits per heavy atom. The predicted octanol–water partition coefficient (Wildman–Crippen LogP) is 5.18. The van der Waals surface area contributed by atoms with Gasteiger partial charge in [-0.25, -0.2) is 8.42 Å². The number of hydrogen-bond donors (Lipinski definition) is 2. The first-order valence-corrected chi connectivity index (χ1v) is 11.6. The second-order valence-electron chi connectivity index (χ2n) is 6.98. The Labute approximate surface area is 185 Å². The maximum Gasteiger partial charge on any atom is 0.255 e. The van der Waals surface area contributed by atoms with Crippen molar-refractivity contribution in [3.8, 4) is 11.3 Å². The van der Waals surface area contributed by atoms with Crippen molar-refractivity contribution in [1.82, 2.24) is 4.98 Å². The fourth-order valence-electron chi connectivity index (χ4n) is 3.23. The molecule has 0 fully saturated rings. The van der Waals surface area contributed by atoms with E-state index in [4.69, 9.17) is 11.6 Å². The molecule has 4 aromatic rings. The number of aromatic nitrogens is 1. The summed E-state index contributed by atoms with van der Waals surface area (Å²) in [6.45, 7) is 0. The third-order valence-corrected chi connectivity index (χ3v) is 5.54. The third-order valence-electron chi connectivity index (χ3n) is 4.60. The normalized spacial score (nSPS) is 11.3. The summed E-state index contributed by atoms with van der Waals surface area (Å²) in [6, 6.07) is 21.2. The van der Waals surface area contributed by atoms with E-state index in [1.54, 1.807) is 36.5 Å². The molecule has 0 aliphatic carbocycles. The second kappa shape index (κ2) is 8.37. The molecule has 2 N–H and O–H groups in total. The van der Waals surface area contributed by atoms with Crippen LogP contribution in [0.25, 0.3) is 22.0 Å². The number of carbonyl (C=O) groups excluding carboxylic acids is 1. The first-order chi connectivity index (χ1) is 14.8. The monoisotopic (exact) mass is 451 g/mol. The van der Waals surface area contributed by atoms with Gasteiger partial charge in [0.15, 0.2) is 0 Å². The van der Waals surface area contributed by atoms with Crippen LogP contribution in [0.4, 0.5) is 11.4 Å². The molecule has 0 saturated heterocycles. The third kappa shape index (κ3) is 4.84. The molecule has 1 amide bonds. The number of pyridine rings is 1. The van der Waals surface area contributed by atoms with Crippen molar-refractivity contribution in [2.75, 3.05) is 16.3 Å². The number of carbonyl (C=O) groups is 1. The van der Waals surface area contributed by atoms with Gasteiger partial charge in [-0.15, -0.1) is 0 Å². The molecule has 1 heterocycles. The van der Waals surface area contributed by atoms with Gasteiger partial charge in [0, 0.05) is 34.1 Å². The van der Waals surface area contributed by atoms with Crippen LogP contribution in [0.5, 0.6) is 0 Å². The first kappa shape index (κ1) is 20.8. The summed E-state index contributed by atoms with van der Waals surface area (Å²) in [5, 5.41) is 5.38. The van der Waals surface area contributed by atoms with Crippen LogP contribution in [0, 0.1) is 0 Å². The highest BCUT2D eigenvalue weighted by atomic mass is 35.5. The van der Waals surface area contributed by atoms with Crippen LogP contribution in [0.1, 0.15) is 10.4 Å². The SMILES string of the molecule is CS(=O)(=O)Nc1ccc(C(=O)Nc2ccc(Cl)c(-c3nccc4ccccc34)c2)cc1. The Balaban J connectivity index is 1.61. The highest BCUT2D eigenvalue weighted by Gasteiger charge is 2.12. The molecule has 0 aliphatic heterocycles. The molecule has 3 aromatic carbocycles. The predicted molar refractivity (Wildman–Crippen MR) is 125 cm³/mol. The Morgan fingerprint density at radius 3 is 2.39 bits per heavy atom. The molecule has 0 atom stereocenters. The Bertz CT molecular complexity index is 1380. The molecule has 4 rings (SSSR count). The standard InChI is InChI=1S/C23H18ClN3O3S/c1-31(29,30)27-17-8-6-16(7-9-17)23(28)26-18-10-11-21(24)20(14-18)22-19-5-3-2-4-15(19)12-13-25-22/h2-14,27H,1H3,(H,26,28). The van der Waals surface area contributed by atoms with Gasteiger partial charge in [-0.2, -0.15) is 0 Å². The molecule has 0 spiro atoms. The van der Waals surface area contributed by atoms with Crippen LogP contribution in [0.15, 0.2) is 79.0 Å². The van der Waals surface area contributed by atoms with Crippen LogP contribution in [-0.4, -0.2) is 25.6 Å². The molecule has 0 saturated carbocycles. The quantitative estimate of drug-likeness (QED) is 0.437. The van der Waals surface area contributed by atoms with E-state index in [9.17, 15) is 13.2 Å². The van der Waals surface area contributed by atoms with Crippen molar-refractivity contribution in [3.05, 3.63) is 89.6 Å². The zero-order valence-corrected chi connectivity index (χ0v) is 18.0. The Morgan fingerprint density at radius 2 is 1.65 bits per heavy atom. The van der Waals surface area contributed by atoms with Crippen molar-refractivity contribution in [1.29, 1.82) is 0 Å². The lowest BCUT2D eigenvalue weighted by Crippen LogP contribution is -2.13. The number of benzene rings is 3. The minimum absolute atomic E-state index is 0.329. The number of sulfonamides is 1. The molecule has 1 aromatic heterocycles. The van der Waals surface area contributed by atoms with Gasteiger partial charge >= 0.3 is 0 Å².